The fraction of sp³-hybridized carbons (Fsp3) is 0.120. The third-order valence-electron chi connectivity index (χ3n) is 5.11. The molecule has 1 heterocycles. The molecule has 0 aliphatic rings. The van der Waals surface area contributed by atoms with Crippen LogP contribution < -0.4 is 10.1 Å². The minimum absolute atomic E-state index is 0.0990. The van der Waals surface area contributed by atoms with Crippen LogP contribution in [0.25, 0.3) is 11.0 Å². The molecule has 31 heavy (non-hydrogen) atoms. The van der Waals surface area contributed by atoms with Gasteiger partial charge in [0.15, 0.2) is 5.76 Å². The summed E-state index contributed by atoms with van der Waals surface area (Å²) in [7, 11) is 0. The van der Waals surface area contributed by atoms with Gasteiger partial charge in [0.05, 0.1) is 5.69 Å². The summed E-state index contributed by atoms with van der Waals surface area (Å²) < 4.78 is 11.5. The Morgan fingerprint density at radius 2 is 1.68 bits per heavy atom. The number of hydrogen-bond acceptors (Lipinski definition) is 4. The number of ether oxygens (including phenoxy) is 1. The highest BCUT2D eigenvalue weighted by atomic mass is 16.5. The van der Waals surface area contributed by atoms with E-state index in [1.165, 1.54) is 0 Å². The van der Waals surface area contributed by atoms with Gasteiger partial charge in [-0.3, -0.25) is 4.79 Å². The van der Waals surface area contributed by atoms with Crippen LogP contribution in [-0.2, 0) is 6.61 Å². The van der Waals surface area contributed by atoms with E-state index < -0.39 is 11.9 Å². The van der Waals surface area contributed by atoms with Crippen molar-refractivity contribution >= 4 is 28.5 Å². The third-order valence-corrected chi connectivity index (χ3v) is 5.11. The first kappa shape index (κ1) is 20.2. The van der Waals surface area contributed by atoms with Gasteiger partial charge < -0.3 is 19.6 Å². The largest absolute Gasteiger partial charge is 0.488 e. The highest BCUT2D eigenvalue weighted by Crippen LogP contribution is 2.32. The molecule has 0 fully saturated rings. The van der Waals surface area contributed by atoms with Crippen LogP contribution >= 0.6 is 0 Å². The Kier molecular flexibility index (Phi) is 5.45. The lowest BCUT2D eigenvalue weighted by Crippen LogP contribution is -2.17. The minimum Gasteiger partial charge on any atom is -0.488 e. The summed E-state index contributed by atoms with van der Waals surface area (Å²) in [4.78, 5) is 25.1. The molecule has 6 nitrogen and oxygen atoms in total. The Labute approximate surface area is 179 Å². The zero-order valence-electron chi connectivity index (χ0n) is 17.1. The van der Waals surface area contributed by atoms with Crippen molar-refractivity contribution < 1.29 is 23.8 Å². The van der Waals surface area contributed by atoms with Crippen LogP contribution in [0.15, 0.2) is 71.1 Å². The fourth-order valence-electron chi connectivity index (χ4n) is 3.48. The highest BCUT2D eigenvalue weighted by molar-refractivity contribution is 6.10. The third kappa shape index (κ3) is 4.00. The van der Waals surface area contributed by atoms with E-state index in [9.17, 15) is 14.7 Å². The molecule has 4 rings (SSSR count). The quantitative estimate of drug-likeness (QED) is 0.429. The summed E-state index contributed by atoms with van der Waals surface area (Å²) in [5.41, 5.74) is 2.88. The van der Waals surface area contributed by atoms with Crippen molar-refractivity contribution in [3.05, 3.63) is 94.7 Å². The van der Waals surface area contributed by atoms with Gasteiger partial charge in [0.2, 0.25) is 0 Å². The van der Waals surface area contributed by atoms with Crippen molar-refractivity contribution in [1.29, 1.82) is 0 Å². The van der Waals surface area contributed by atoms with Crippen LogP contribution in [0.1, 0.15) is 37.6 Å². The Balaban J connectivity index is 1.67. The van der Waals surface area contributed by atoms with Gasteiger partial charge in [0.25, 0.3) is 5.91 Å². The molecule has 0 spiro atoms. The molecule has 0 radical (unpaired) electrons. The standard InChI is InChI=1S/C25H21NO5/c1-15-12-13-20(30-14-17-8-4-3-5-9-17)21(25(28)29)22(15)26-24(27)23-16(2)18-10-6-7-11-19(18)31-23/h3-13H,14H2,1-2H3,(H,26,27)(H,28,29). The second kappa shape index (κ2) is 8.36. The SMILES string of the molecule is Cc1ccc(OCc2ccccc2)c(C(=O)O)c1NC(=O)c1oc2ccccc2c1C. The number of aromatic carboxylic acids is 1. The molecule has 4 aromatic rings. The molecule has 2 N–H and O–H groups in total. The number of anilines is 1. The Morgan fingerprint density at radius 3 is 2.39 bits per heavy atom. The van der Waals surface area contributed by atoms with Crippen LogP contribution in [0.4, 0.5) is 5.69 Å². The number of carbonyl (C=O) groups excluding carboxylic acids is 1. The number of carboxylic acids is 1. The van der Waals surface area contributed by atoms with Gasteiger partial charge in [0.1, 0.15) is 23.5 Å². The van der Waals surface area contributed by atoms with Crippen molar-refractivity contribution in [3.63, 3.8) is 0 Å². The Morgan fingerprint density at radius 1 is 0.968 bits per heavy atom. The number of carbonyl (C=O) groups is 2. The van der Waals surface area contributed by atoms with Crippen LogP contribution in [0.2, 0.25) is 0 Å². The molecule has 156 valence electrons. The maximum atomic E-state index is 13.0. The molecule has 3 aromatic carbocycles. The number of para-hydroxylation sites is 1. The van der Waals surface area contributed by atoms with Crippen LogP contribution in [0, 0.1) is 13.8 Å². The lowest BCUT2D eigenvalue weighted by Gasteiger charge is -2.16. The topological polar surface area (TPSA) is 88.8 Å². The van der Waals surface area contributed by atoms with E-state index in [-0.39, 0.29) is 29.4 Å². The molecular formula is C25H21NO5. The summed E-state index contributed by atoms with van der Waals surface area (Å²) in [5.74, 6) is -1.38. The van der Waals surface area contributed by atoms with Gasteiger partial charge >= 0.3 is 5.97 Å². The second-order valence-electron chi connectivity index (χ2n) is 7.22. The number of aryl methyl sites for hydroxylation is 2. The fourth-order valence-corrected chi connectivity index (χ4v) is 3.48. The van der Waals surface area contributed by atoms with Gasteiger partial charge in [-0.1, -0.05) is 54.6 Å². The molecule has 0 saturated carbocycles. The summed E-state index contributed by atoms with van der Waals surface area (Å²) in [6, 6.07) is 20.1. The molecule has 1 amide bonds. The van der Waals surface area contributed by atoms with Crippen molar-refractivity contribution in [2.24, 2.45) is 0 Å². The Bertz CT molecular complexity index is 1270. The van der Waals surface area contributed by atoms with Crippen LogP contribution in [-0.4, -0.2) is 17.0 Å². The number of nitrogens with one attached hydrogen (secondary N) is 1. The van der Waals surface area contributed by atoms with E-state index >= 15 is 0 Å². The molecule has 0 atom stereocenters. The van der Waals surface area contributed by atoms with Gasteiger partial charge in [-0.25, -0.2) is 4.79 Å². The molecule has 1 aromatic heterocycles. The lowest BCUT2D eigenvalue weighted by atomic mass is 10.1. The van der Waals surface area contributed by atoms with Crippen LogP contribution in [0.5, 0.6) is 5.75 Å². The van der Waals surface area contributed by atoms with E-state index in [4.69, 9.17) is 9.15 Å². The molecule has 0 bridgehead atoms. The summed E-state index contributed by atoms with van der Waals surface area (Å²) in [5, 5.41) is 13.4. The Hall–Kier alpha value is -4.06. The smallest absolute Gasteiger partial charge is 0.341 e. The molecule has 0 aliphatic heterocycles. The molecular weight excluding hydrogens is 394 g/mol. The molecule has 0 saturated heterocycles. The van der Waals surface area contributed by atoms with E-state index in [0.717, 1.165) is 10.9 Å². The second-order valence-corrected chi connectivity index (χ2v) is 7.22. The predicted octanol–water partition coefficient (Wildman–Crippen LogP) is 5.58. The van der Waals surface area contributed by atoms with E-state index in [2.05, 4.69) is 5.32 Å². The minimum atomic E-state index is -1.19. The van der Waals surface area contributed by atoms with Gasteiger partial charge in [0, 0.05) is 10.9 Å². The van der Waals surface area contributed by atoms with Gasteiger partial charge in [-0.15, -0.1) is 0 Å². The average molecular weight is 415 g/mol. The first-order chi connectivity index (χ1) is 15.0. The zero-order valence-corrected chi connectivity index (χ0v) is 17.1. The number of furan rings is 1. The summed E-state index contributed by atoms with van der Waals surface area (Å²) >= 11 is 0. The van der Waals surface area contributed by atoms with Crippen molar-refractivity contribution in [1.82, 2.24) is 0 Å². The first-order valence-corrected chi connectivity index (χ1v) is 9.79. The number of hydrogen-bond donors (Lipinski definition) is 2. The van der Waals surface area contributed by atoms with E-state index in [1.54, 1.807) is 32.0 Å². The maximum Gasteiger partial charge on any atom is 0.341 e. The lowest BCUT2D eigenvalue weighted by molar-refractivity contribution is 0.0693. The van der Waals surface area contributed by atoms with E-state index in [0.29, 0.717) is 16.7 Å². The first-order valence-electron chi connectivity index (χ1n) is 9.79. The maximum absolute atomic E-state index is 13.0. The number of carboxylic acid groups (broad SMARTS) is 1. The normalized spacial score (nSPS) is 10.8. The number of fused-ring (bicyclic) bond motifs is 1. The van der Waals surface area contributed by atoms with Crippen molar-refractivity contribution in [3.8, 4) is 5.75 Å². The molecule has 0 aliphatic carbocycles. The predicted molar refractivity (Wildman–Crippen MR) is 118 cm³/mol. The molecule has 0 unspecified atom stereocenters. The van der Waals surface area contributed by atoms with Gasteiger partial charge in [-0.05, 0) is 37.1 Å². The monoisotopic (exact) mass is 415 g/mol. The van der Waals surface area contributed by atoms with Crippen molar-refractivity contribution in [2.45, 2.75) is 20.5 Å². The van der Waals surface area contributed by atoms with Gasteiger partial charge in [-0.2, -0.15) is 0 Å². The number of amides is 1. The summed E-state index contributed by atoms with van der Waals surface area (Å²) in [6.45, 7) is 3.74. The summed E-state index contributed by atoms with van der Waals surface area (Å²) in [6.07, 6.45) is 0. The average Bonchev–Trinajstić information content (AvgIpc) is 3.11. The van der Waals surface area contributed by atoms with E-state index in [1.807, 2.05) is 48.5 Å². The zero-order chi connectivity index (χ0) is 22.0. The van der Waals surface area contributed by atoms with Crippen molar-refractivity contribution in [2.75, 3.05) is 5.32 Å². The number of benzene rings is 3. The molecule has 6 heteroatoms. The highest BCUT2D eigenvalue weighted by Gasteiger charge is 2.24. The van der Waals surface area contributed by atoms with Crippen LogP contribution in [0.3, 0.4) is 0 Å². The number of rotatable bonds is 6.